The van der Waals surface area contributed by atoms with Crippen LogP contribution < -0.4 is 16.6 Å². The van der Waals surface area contributed by atoms with Gasteiger partial charge in [0.2, 0.25) is 5.91 Å². The summed E-state index contributed by atoms with van der Waals surface area (Å²) in [6.07, 6.45) is 4.19. The van der Waals surface area contributed by atoms with Crippen LogP contribution >= 0.6 is 23.1 Å². The van der Waals surface area contributed by atoms with Crippen molar-refractivity contribution < 1.29 is 4.79 Å². The highest BCUT2D eigenvalue weighted by Gasteiger charge is 2.24. The zero-order chi connectivity index (χ0) is 21.4. The third-order valence-corrected chi connectivity index (χ3v) is 7.06. The zero-order valence-corrected chi connectivity index (χ0v) is 18.6. The second-order valence-corrected chi connectivity index (χ2v) is 9.23. The fraction of sp³-hybridized carbons (Fsp3) is 0.474. The first kappa shape index (κ1) is 20.7. The Balaban J connectivity index is 1.72. The zero-order valence-electron chi connectivity index (χ0n) is 17.0. The first-order valence-electron chi connectivity index (χ1n) is 9.67. The number of carbonyl (C=O) groups excluding carboxylic acids is 1. The number of thiazole rings is 1. The van der Waals surface area contributed by atoms with Gasteiger partial charge in [0, 0.05) is 25.4 Å². The number of thioether (sulfide) groups is 1. The molecule has 3 aromatic rings. The standard InChI is InChI=1S/C19H22N6O3S2/c1-10-8-30-18(20-10)21-12(26)9-29-16-13-15(24(2)19(28)25(3)17(13)27)22-14(23-16)11-6-4-5-7-11/h8,11H,4-7,9H2,1-3H3,(H,20,21,26). The van der Waals surface area contributed by atoms with E-state index in [0.717, 1.165) is 35.9 Å². The maximum absolute atomic E-state index is 12.8. The highest BCUT2D eigenvalue weighted by atomic mass is 32.2. The Morgan fingerprint density at radius 1 is 1.20 bits per heavy atom. The Labute approximate surface area is 180 Å². The summed E-state index contributed by atoms with van der Waals surface area (Å²) in [6.45, 7) is 1.86. The minimum Gasteiger partial charge on any atom is -0.301 e. The Bertz CT molecular complexity index is 1240. The van der Waals surface area contributed by atoms with E-state index < -0.39 is 11.2 Å². The number of rotatable bonds is 5. The predicted octanol–water partition coefficient (Wildman–Crippen LogP) is 2.18. The van der Waals surface area contributed by atoms with Gasteiger partial charge in [-0.1, -0.05) is 24.6 Å². The van der Waals surface area contributed by atoms with E-state index >= 15 is 0 Å². The van der Waals surface area contributed by atoms with E-state index in [2.05, 4.69) is 20.3 Å². The molecule has 0 radical (unpaired) electrons. The molecule has 0 saturated heterocycles. The smallest absolute Gasteiger partial charge is 0.301 e. The minimum absolute atomic E-state index is 0.0703. The largest absolute Gasteiger partial charge is 0.332 e. The lowest BCUT2D eigenvalue weighted by Crippen LogP contribution is -2.38. The molecular weight excluding hydrogens is 424 g/mol. The predicted molar refractivity (Wildman–Crippen MR) is 117 cm³/mol. The molecule has 1 saturated carbocycles. The van der Waals surface area contributed by atoms with Crippen molar-refractivity contribution >= 4 is 45.2 Å². The van der Waals surface area contributed by atoms with Gasteiger partial charge in [0.05, 0.1) is 11.4 Å². The highest BCUT2D eigenvalue weighted by molar-refractivity contribution is 8.00. The number of amides is 1. The van der Waals surface area contributed by atoms with Crippen molar-refractivity contribution in [2.75, 3.05) is 11.1 Å². The van der Waals surface area contributed by atoms with Crippen LogP contribution in [0, 0.1) is 6.92 Å². The molecule has 4 rings (SSSR count). The van der Waals surface area contributed by atoms with Crippen LogP contribution in [0.3, 0.4) is 0 Å². The average Bonchev–Trinajstić information content (AvgIpc) is 3.40. The molecule has 1 aliphatic rings. The fourth-order valence-electron chi connectivity index (χ4n) is 3.62. The Morgan fingerprint density at radius 3 is 2.60 bits per heavy atom. The van der Waals surface area contributed by atoms with Gasteiger partial charge in [0.15, 0.2) is 10.8 Å². The molecule has 0 atom stereocenters. The normalized spacial score (nSPS) is 14.5. The summed E-state index contributed by atoms with van der Waals surface area (Å²) in [4.78, 5) is 51.1. The SMILES string of the molecule is Cc1csc(NC(=O)CSc2nc(C3CCCC3)nc3c2c(=O)n(C)c(=O)n3C)n1. The summed E-state index contributed by atoms with van der Waals surface area (Å²) < 4.78 is 2.42. The number of anilines is 1. The highest BCUT2D eigenvalue weighted by Crippen LogP contribution is 2.34. The summed E-state index contributed by atoms with van der Waals surface area (Å²) in [5.41, 5.74) is 0.273. The quantitative estimate of drug-likeness (QED) is 0.472. The van der Waals surface area contributed by atoms with E-state index in [1.165, 1.54) is 34.7 Å². The van der Waals surface area contributed by atoms with Gasteiger partial charge < -0.3 is 5.32 Å². The summed E-state index contributed by atoms with van der Waals surface area (Å²) in [5, 5.41) is 5.86. The van der Waals surface area contributed by atoms with Crippen LogP contribution in [0.2, 0.25) is 0 Å². The summed E-state index contributed by atoms with van der Waals surface area (Å²) in [7, 11) is 3.03. The van der Waals surface area contributed by atoms with Gasteiger partial charge in [0.25, 0.3) is 5.56 Å². The van der Waals surface area contributed by atoms with Crippen LogP contribution in [0.4, 0.5) is 5.13 Å². The summed E-state index contributed by atoms with van der Waals surface area (Å²) >= 11 is 2.54. The van der Waals surface area contributed by atoms with Crippen molar-refractivity contribution in [2.45, 2.75) is 43.6 Å². The van der Waals surface area contributed by atoms with Crippen LogP contribution in [0.1, 0.15) is 43.1 Å². The molecule has 0 unspecified atom stereocenters. The van der Waals surface area contributed by atoms with E-state index in [-0.39, 0.29) is 23.0 Å². The van der Waals surface area contributed by atoms with Crippen LogP contribution in [-0.2, 0) is 18.9 Å². The van der Waals surface area contributed by atoms with E-state index in [1.54, 1.807) is 7.05 Å². The van der Waals surface area contributed by atoms with Crippen molar-refractivity contribution in [1.82, 2.24) is 24.1 Å². The van der Waals surface area contributed by atoms with Gasteiger partial charge in [-0.3, -0.25) is 18.7 Å². The van der Waals surface area contributed by atoms with Crippen molar-refractivity contribution in [3.63, 3.8) is 0 Å². The third-order valence-electron chi connectivity index (χ3n) is 5.21. The van der Waals surface area contributed by atoms with Crippen LogP contribution in [0.5, 0.6) is 0 Å². The van der Waals surface area contributed by atoms with Crippen molar-refractivity contribution in [2.24, 2.45) is 14.1 Å². The molecule has 0 spiro atoms. The van der Waals surface area contributed by atoms with E-state index in [9.17, 15) is 14.4 Å². The van der Waals surface area contributed by atoms with E-state index in [4.69, 9.17) is 0 Å². The first-order chi connectivity index (χ1) is 14.3. The second-order valence-electron chi connectivity index (χ2n) is 7.40. The van der Waals surface area contributed by atoms with E-state index in [0.29, 0.717) is 21.6 Å². The lowest BCUT2D eigenvalue weighted by Gasteiger charge is -2.14. The monoisotopic (exact) mass is 446 g/mol. The number of hydrogen-bond acceptors (Lipinski definition) is 8. The molecule has 158 valence electrons. The maximum Gasteiger partial charge on any atom is 0.332 e. The number of fused-ring (bicyclic) bond motifs is 1. The first-order valence-corrected chi connectivity index (χ1v) is 11.5. The van der Waals surface area contributed by atoms with Crippen LogP contribution in [0.15, 0.2) is 20.0 Å². The fourth-order valence-corrected chi connectivity index (χ4v) is 5.14. The average molecular weight is 447 g/mol. The van der Waals surface area contributed by atoms with Crippen molar-refractivity contribution in [3.8, 4) is 0 Å². The molecule has 3 heterocycles. The van der Waals surface area contributed by atoms with Gasteiger partial charge in [0.1, 0.15) is 16.2 Å². The summed E-state index contributed by atoms with van der Waals surface area (Å²) in [6, 6.07) is 0. The maximum atomic E-state index is 12.8. The molecule has 0 bridgehead atoms. The molecule has 3 aromatic heterocycles. The Morgan fingerprint density at radius 2 is 1.93 bits per heavy atom. The van der Waals surface area contributed by atoms with Gasteiger partial charge in [-0.25, -0.2) is 19.7 Å². The molecule has 1 fully saturated rings. The molecule has 1 amide bonds. The lowest BCUT2D eigenvalue weighted by molar-refractivity contribution is -0.113. The minimum atomic E-state index is -0.454. The molecule has 30 heavy (non-hydrogen) atoms. The number of carbonyl (C=O) groups is 1. The number of aryl methyl sites for hydroxylation is 2. The number of nitrogens with zero attached hydrogens (tertiary/aromatic N) is 5. The lowest BCUT2D eigenvalue weighted by atomic mass is 10.1. The van der Waals surface area contributed by atoms with Gasteiger partial charge in [-0.15, -0.1) is 11.3 Å². The molecule has 1 N–H and O–H groups in total. The second kappa shape index (κ2) is 8.31. The summed E-state index contributed by atoms with van der Waals surface area (Å²) in [5.74, 6) is 0.688. The topological polar surface area (TPSA) is 112 Å². The Hall–Kier alpha value is -2.53. The number of nitrogens with one attached hydrogen (secondary N) is 1. The molecular formula is C19H22N6O3S2. The van der Waals surface area contributed by atoms with Crippen LogP contribution in [-0.4, -0.2) is 35.7 Å². The van der Waals surface area contributed by atoms with Crippen molar-refractivity contribution in [1.29, 1.82) is 0 Å². The van der Waals surface area contributed by atoms with Crippen LogP contribution in [0.25, 0.3) is 11.0 Å². The molecule has 0 aliphatic heterocycles. The molecule has 0 aromatic carbocycles. The number of aromatic nitrogens is 5. The van der Waals surface area contributed by atoms with Crippen molar-refractivity contribution in [3.05, 3.63) is 37.7 Å². The number of hydrogen-bond donors (Lipinski definition) is 1. The molecule has 11 heteroatoms. The molecule has 1 aliphatic carbocycles. The molecule has 9 nitrogen and oxygen atoms in total. The Kier molecular flexibility index (Phi) is 5.74. The van der Waals surface area contributed by atoms with Gasteiger partial charge in [-0.05, 0) is 19.8 Å². The van der Waals surface area contributed by atoms with Gasteiger partial charge >= 0.3 is 5.69 Å². The third kappa shape index (κ3) is 3.91. The van der Waals surface area contributed by atoms with E-state index in [1.807, 2.05) is 12.3 Å². The van der Waals surface area contributed by atoms with Gasteiger partial charge in [-0.2, -0.15) is 0 Å².